The number of benzene rings is 2. The number of likely N-dealkylation sites (tertiary alicyclic amines) is 1. The van der Waals surface area contributed by atoms with E-state index in [9.17, 15) is 19.1 Å². The molecule has 1 aromatic heterocycles. The second-order valence-electron chi connectivity index (χ2n) is 12.7. The minimum Gasteiger partial charge on any atom is -0.490 e. The van der Waals surface area contributed by atoms with Gasteiger partial charge in [-0.1, -0.05) is 12.5 Å². The van der Waals surface area contributed by atoms with Crippen LogP contribution in [-0.2, 0) is 17.4 Å². The summed E-state index contributed by atoms with van der Waals surface area (Å²) in [6.07, 6.45) is 8.70. The first-order valence-corrected chi connectivity index (χ1v) is 15.4. The number of carbonyl (C=O) groups excluding carboxylic acids is 1. The number of hydrogen-bond acceptors (Lipinski definition) is 5. The number of rotatable bonds is 7. The highest BCUT2D eigenvalue weighted by atomic mass is 19.1. The van der Waals surface area contributed by atoms with Gasteiger partial charge in [0, 0.05) is 49.4 Å². The molecule has 7 nitrogen and oxygen atoms in total. The molecule has 0 bridgehead atoms. The van der Waals surface area contributed by atoms with Gasteiger partial charge >= 0.3 is 0 Å². The highest BCUT2D eigenvalue weighted by molar-refractivity contribution is 5.77. The molecule has 2 aliphatic rings. The molecule has 1 N–H and O–H groups in total. The fourth-order valence-corrected chi connectivity index (χ4v) is 6.33. The number of aliphatic hydroxyl groups is 1. The van der Waals surface area contributed by atoms with E-state index in [1.54, 1.807) is 53.1 Å². The molecule has 1 aliphatic heterocycles. The van der Waals surface area contributed by atoms with Crippen LogP contribution in [0, 0.1) is 19.7 Å². The molecule has 0 unspecified atom stereocenters. The van der Waals surface area contributed by atoms with Crippen molar-refractivity contribution in [1.82, 2.24) is 9.47 Å². The Morgan fingerprint density at radius 3 is 2.28 bits per heavy atom. The van der Waals surface area contributed by atoms with Crippen molar-refractivity contribution in [3.63, 3.8) is 0 Å². The molecule has 5 rings (SSSR count). The van der Waals surface area contributed by atoms with Gasteiger partial charge in [-0.25, -0.2) is 4.39 Å². The van der Waals surface area contributed by atoms with Crippen LogP contribution in [0.1, 0.15) is 81.9 Å². The number of nitrogens with zero attached hydrogens (tertiary/aromatic N) is 2. The fourth-order valence-electron chi connectivity index (χ4n) is 6.33. The number of halogens is 1. The largest absolute Gasteiger partial charge is 0.490 e. The van der Waals surface area contributed by atoms with Crippen LogP contribution in [0.5, 0.6) is 17.2 Å². The summed E-state index contributed by atoms with van der Waals surface area (Å²) in [4.78, 5) is 27.6. The van der Waals surface area contributed by atoms with Crippen LogP contribution in [0.15, 0.2) is 47.4 Å². The van der Waals surface area contributed by atoms with Gasteiger partial charge in [-0.3, -0.25) is 9.59 Å². The molecule has 1 saturated carbocycles. The summed E-state index contributed by atoms with van der Waals surface area (Å²) in [5.74, 6) is 1.43. The van der Waals surface area contributed by atoms with Gasteiger partial charge in [-0.2, -0.15) is 0 Å². The van der Waals surface area contributed by atoms with E-state index in [-0.39, 0.29) is 29.4 Å². The summed E-state index contributed by atoms with van der Waals surface area (Å²) in [5, 5.41) is 10.9. The minimum absolute atomic E-state index is 0.104. The molecule has 43 heavy (non-hydrogen) atoms. The monoisotopic (exact) mass is 590 g/mol. The van der Waals surface area contributed by atoms with E-state index in [1.165, 1.54) is 22.8 Å². The van der Waals surface area contributed by atoms with Gasteiger partial charge in [0.1, 0.15) is 23.1 Å². The minimum atomic E-state index is -1.13. The van der Waals surface area contributed by atoms with Crippen molar-refractivity contribution >= 4 is 5.91 Å². The highest BCUT2D eigenvalue weighted by Crippen LogP contribution is 2.42. The standard InChI is InChI=1S/C35H43FN2O5/c1-22-17-25(36)18-23(2)34(22)43-30-15-10-24(35(3,4)41)19-28(30)29-21-37(5)33(40)20-31(29)42-27-13-11-26(12-14-27)38-16-8-6-7-9-32(38)39/h10,15,17-21,26-27,41H,6-9,11-14,16H2,1-5H3/t26-,27-. The van der Waals surface area contributed by atoms with Crippen molar-refractivity contribution in [1.29, 1.82) is 0 Å². The van der Waals surface area contributed by atoms with Crippen LogP contribution in [-0.4, -0.2) is 39.2 Å². The van der Waals surface area contributed by atoms with Crippen LogP contribution in [0.2, 0.25) is 0 Å². The van der Waals surface area contributed by atoms with Gasteiger partial charge in [0.15, 0.2) is 0 Å². The van der Waals surface area contributed by atoms with Crippen LogP contribution in [0.25, 0.3) is 11.1 Å². The van der Waals surface area contributed by atoms with Crippen LogP contribution >= 0.6 is 0 Å². The van der Waals surface area contributed by atoms with E-state index >= 15 is 0 Å². The Kier molecular flexibility index (Phi) is 8.97. The maximum atomic E-state index is 14.0. The molecular formula is C35H43FN2O5. The van der Waals surface area contributed by atoms with E-state index in [0.29, 0.717) is 51.5 Å². The summed E-state index contributed by atoms with van der Waals surface area (Å²) in [6.45, 7) is 7.86. The van der Waals surface area contributed by atoms with Crippen molar-refractivity contribution in [3.05, 3.63) is 75.5 Å². The molecule has 2 fully saturated rings. The third-order valence-electron chi connectivity index (χ3n) is 8.79. The maximum Gasteiger partial charge on any atom is 0.254 e. The lowest BCUT2D eigenvalue weighted by molar-refractivity contribution is -0.134. The predicted molar refractivity (Wildman–Crippen MR) is 165 cm³/mol. The number of ether oxygens (including phenoxy) is 2. The summed E-state index contributed by atoms with van der Waals surface area (Å²) in [6, 6.07) is 10.1. The van der Waals surface area contributed by atoms with Gasteiger partial charge < -0.3 is 24.0 Å². The molecule has 8 heteroatoms. The zero-order chi connectivity index (χ0) is 30.9. The lowest BCUT2D eigenvalue weighted by Gasteiger charge is -2.36. The third kappa shape index (κ3) is 6.96. The van der Waals surface area contributed by atoms with E-state index in [0.717, 1.165) is 51.5 Å². The molecule has 3 aromatic rings. The zero-order valence-corrected chi connectivity index (χ0v) is 25.9. The first kappa shape index (κ1) is 30.8. The second kappa shape index (κ2) is 12.5. The Balaban J connectivity index is 1.48. The molecule has 2 heterocycles. The summed E-state index contributed by atoms with van der Waals surface area (Å²) in [5.41, 5.74) is 1.97. The summed E-state index contributed by atoms with van der Waals surface area (Å²) >= 11 is 0. The third-order valence-corrected chi connectivity index (χ3v) is 8.79. The molecule has 0 spiro atoms. The van der Waals surface area contributed by atoms with Crippen molar-refractivity contribution in [2.75, 3.05) is 6.54 Å². The van der Waals surface area contributed by atoms with E-state index < -0.39 is 5.60 Å². The average Bonchev–Trinajstić information content (AvgIpc) is 3.16. The summed E-state index contributed by atoms with van der Waals surface area (Å²) in [7, 11) is 1.69. The van der Waals surface area contributed by atoms with Crippen LogP contribution in [0.4, 0.5) is 4.39 Å². The second-order valence-corrected chi connectivity index (χ2v) is 12.7. The van der Waals surface area contributed by atoms with Crippen molar-refractivity contribution in [2.24, 2.45) is 7.05 Å². The SMILES string of the molecule is Cc1cc(F)cc(C)c1Oc1ccc(C(C)(C)O)cc1-c1cn(C)c(=O)cc1O[C@H]1CC[C@H](N2CCCCCC2=O)CC1. The molecule has 2 aromatic carbocycles. The molecular weight excluding hydrogens is 547 g/mol. The number of pyridine rings is 1. The molecule has 0 radical (unpaired) electrons. The summed E-state index contributed by atoms with van der Waals surface area (Å²) < 4.78 is 28.6. The smallest absolute Gasteiger partial charge is 0.254 e. The first-order chi connectivity index (χ1) is 20.4. The zero-order valence-electron chi connectivity index (χ0n) is 25.9. The average molecular weight is 591 g/mol. The van der Waals surface area contributed by atoms with E-state index in [2.05, 4.69) is 4.90 Å². The molecule has 1 aliphatic carbocycles. The highest BCUT2D eigenvalue weighted by Gasteiger charge is 2.31. The topological polar surface area (TPSA) is 81.0 Å². The molecule has 1 saturated heterocycles. The van der Waals surface area contributed by atoms with Crippen LogP contribution in [0.3, 0.4) is 0 Å². The lowest BCUT2D eigenvalue weighted by Crippen LogP contribution is -2.43. The van der Waals surface area contributed by atoms with E-state index in [1.807, 2.05) is 6.07 Å². The predicted octanol–water partition coefficient (Wildman–Crippen LogP) is 6.92. The number of aromatic nitrogens is 1. The fraction of sp³-hybridized carbons (Fsp3) is 0.486. The number of carbonyl (C=O) groups is 1. The first-order valence-electron chi connectivity index (χ1n) is 15.4. The van der Waals surface area contributed by atoms with Crippen LogP contribution < -0.4 is 15.0 Å². The van der Waals surface area contributed by atoms with Crippen molar-refractivity contribution < 1.29 is 23.8 Å². The van der Waals surface area contributed by atoms with Gasteiger partial charge in [0.05, 0.1) is 11.7 Å². The Bertz CT molecular complexity index is 1530. The van der Waals surface area contributed by atoms with Crippen molar-refractivity contribution in [2.45, 2.75) is 96.8 Å². The number of aryl methyl sites for hydroxylation is 3. The molecule has 1 amide bonds. The Morgan fingerprint density at radius 2 is 1.60 bits per heavy atom. The van der Waals surface area contributed by atoms with E-state index in [4.69, 9.17) is 9.47 Å². The van der Waals surface area contributed by atoms with Gasteiger partial charge in [-0.15, -0.1) is 0 Å². The quantitative estimate of drug-likeness (QED) is 0.323. The Morgan fingerprint density at radius 1 is 0.907 bits per heavy atom. The Labute approximate surface area is 253 Å². The Hall–Kier alpha value is -3.65. The molecule has 230 valence electrons. The number of amides is 1. The normalized spacial score (nSPS) is 19.7. The maximum absolute atomic E-state index is 14.0. The number of hydrogen-bond donors (Lipinski definition) is 1. The van der Waals surface area contributed by atoms with Crippen molar-refractivity contribution in [3.8, 4) is 28.4 Å². The van der Waals surface area contributed by atoms with Gasteiger partial charge in [0.25, 0.3) is 5.56 Å². The van der Waals surface area contributed by atoms with Gasteiger partial charge in [-0.05, 0) is 107 Å². The van der Waals surface area contributed by atoms with Gasteiger partial charge in [0.2, 0.25) is 5.91 Å². The lowest BCUT2D eigenvalue weighted by atomic mass is 9.91. The molecule has 0 atom stereocenters.